The second kappa shape index (κ2) is 5.62. The third-order valence-electron chi connectivity index (χ3n) is 2.55. The van der Waals surface area contributed by atoms with Gasteiger partial charge in [-0.05, 0) is 24.3 Å². The first-order chi connectivity index (χ1) is 10.1. The SMILES string of the molecule is O=[N+]([O-])c1ccc(CN=Nc2nc3ccc(F)cc3s2)s1. The summed E-state index contributed by atoms with van der Waals surface area (Å²) < 4.78 is 13.8. The number of nitro groups is 1. The molecule has 0 spiro atoms. The molecule has 0 unspecified atom stereocenters. The first-order valence-electron chi connectivity index (χ1n) is 5.78. The van der Waals surface area contributed by atoms with Crippen molar-refractivity contribution >= 4 is 43.0 Å². The van der Waals surface area contributed by atoms with E-state index < -0.39 is 4.92 Å². The van der Waals surface area contributed by atoms with Gasteiger partial charge in [0.15, 0.2) is 0 Å². The zero-order valence-electron chi connectivity index (χ0n) is 10.4. The lowest BCUT2D eigenvalue weighted by Gasteiger charge is -1.85. The van der Waals surface area contributed by atoms with Crippen LogP contribution in [0.5, 0.6) is 0 Å². The summed E-state index contributed by atoms with van der Waals surface area (Å²) in [6.45, 7) is 0.253. The van der Waals surface area contributed by atoms with Gasteiger partial charge >= 0.3 is 5.00 Å². The molecule has 0 radical (unpaired) electrons. The molecule has 3 aromatic rings. The summed E-state index contributed by atoms with van der Waals surface area (Å²) >= 11 is 2.30. The number of rotatable bonds is 4. The monoisotopic (exact) mass is 322 g/mol. The first kappa shape index (κ1) is 13.7. The second-order valence-electron chi connectivity index (χ2n) is 4.01. The summed E-state index contributed by atoms with van der Waals surface area (Å²) in [5.74, 6) is -0.319. The van der Waals surface area contributed by atoms with Crippen molar-refractivity contribution in [3.05, 3.63) is 51.1 Å². The molecule has 2 heterocycles. The van der Waals surface area contributed by atoms with Crippen LogP contribution in [-0.4, -0.2) is 9.91 Å². The molecule has 0 fully saturated rings. The highest BCUT2D eigenvalue weighted by atomic mass is 32.1. The van der Waals surface area contributed by atoms with Crippen molar-refractivity contribution in [2.45, 2.75) is 6.54 Å². The van der Waals surface area contributed by atoms with Crippen molar-refractivity contribution in [2.75, 3.05) is 0 Å². The molecule has 0 aliphatic heterocycles. The van der Waals surface area contributed by atoms with Crippen LogP contribution in [0.4, 0.5) is 14.5 Å². The molecule has 3 rings (SSSR count). The summed E-state index contributed by atoms with van der Waals surface area (Å²) in [6, 6.07) is 7.41. The fraction of sp³-hybridized carbons (Fsp3) is 0.0833. The van der Waals surface area contributed by atoms with E-state index in [1.54, 1.807) is 12.1 Å². The number of hydrogen-bond donors (Lipinski definition) is 0. The number of benzene rings is 1. The zero-order valence-corrected chi connectivity index (χ0v) is 12.0. The topological polar surface area (TPSA) is 80.8 Å². The Balaban J connectivity index is 1.73. The minimum absolute atomic E-state index is 0.0793. The smallest absolute Gasteiger partial charge is 0.258 e. The molecule has 0 aliphatic rings. The second-order valence-corrected chi connectivity index (χ2v) is 6.16. The number of thiazole rings is 1. The van der Waals surface area contributed by atoms with Crippen molar-refractivity contribution in [3.8, 4) is 0 Å². The van der Waals surface area contributed by atoms with Crippen LogP contribution in [-0.2, 0) is 6.54 Å². The molecule has 0 bridgehead atoms. The molecule has 0 atom stereocenters. The fourth-order valence-electron chi connectivity index (χ4n) is 1.64. The molecule has 6 nitrogen and oxygen atoms in total. The molecular weight excluding hydrogens is 315 g/mol. The van der Waals surface area contributed by atoms with Gasteiger partial charge in [-0.25, -0.2) is 9.37 Å². The Hall–Kier alpha value is -2.26. The molecule has 0 amide bonds. The number of fused-ring (bicyclic) bond motifs is 1. The third-order valence-corrected chi connectivity index (χ3v) is 4.47. The fourth-order valence-corrected chi connectivity index (χ4v) is 3.21. The molecule has 2 aromatic heterocycles. The van der Waals surface area contributed by atoms with Crippen LogP contribution in [0, 0.1) is 15.9 Å². The molecule has 0 N–H and O–H groups in total. The summed E-state index contributed by atoms with van der Waals surface area (Å²) in [5, 5.41) is 19.0. The van der Waals surface area contributed by atoms with Crippen LogP contribution in [0.1, 0.15) is 4.88 Å². The van der Waals surface area contributed by atoms with Crippen LogP contribution in [0.15, 0.2) is 40.6 Å². The molecule has 9 heteroatoms. The number of nitrogens with zero attached hydrogens (tertiary/aromatic N) is 4. The van der Waals surface area contributed by atoms with E-state index in [4.69, 9.17) is 0 Å². The zero-order chi connectivity index (χ0) is 14.8. The lowest BCUT2D eigenvalue weighted by molar-refractivity contribution is -0.380. The summed E-state index contributed by atoms with van der Waals surface area (Å²) in [6.07, 6.45) is 0. The maximum atomic E-state index is 13.1. The molecule has 1 aromatic carbocycles. The number of aromatic nitrogens is 1. The van der Waals surface area contributed by atoms with E-state index in [9.17, 15) is 14.5 Å². The lowest BCUT2D eigenvalue weighted by Crippen LogP contribution is -1.80. The molecular formula is C12H7FN4O2S2. The number of hydrogen-bond acceptors (Lipinski definition) is 7. The van der Waals surface area contributed by atoms with Gasteiger partial charge in [0.25, 0.3) is 0 Å². The number of thiophene rings is 1. The van der Waals surface area contributed by atoms with Crippen molar-refractivity contribution in [3.63, 3.8) is 0 Å². The number of azo groups is 1. The highest BCUT2D eigenvalue weighted by Gasteiger charge is 2.09. The summed E-state index contributed by atoms with van der Waals surface area (Å²) in [4.78, 5) is 15.1. The van der Waals surface area contributed by atoms with Crippen molar-refractivity contribution in [1.29, 1.82) is 0 Å². The highest BCUT2D eigenvalue weighted by Crippen LogP contribution is 2.29. The Bertz CT molecular complexity index is 843. The third kappa shape index (κ3) is 3.09. The average Bonchev–Trinajstić information content (AvgIpc) is 3.04. The van der Waals surface area contributed by atoms with Gasteiger partial charge in [-0.1, -0.05) is 22.7 Å². The Labute approximate surface area is 125 Å². The number of halogens is 1. The average molecular weight is 322 g/mol. The predicted molar refractivity (Wildman–Crippen MR) is 78.8 cm³/mol. The van der Waals surface area contributed by atoms with E-state index in [1.165, 1.54) is 29.5 Å². The standard InChI is InChI=1S/C12H7FN4O2S2/c13-7-1-3-9-10(5-7)21-12(15-9)16-14-6-8-2-4-11(20-8)17(18)19/h1-5H,6H2. The largest absolute Gasteiger partial charge is 0.324 e. The molecule has 21 heavy (non-hydrogen) atoms. The summed E-state index contributed by atoms with van der Waals surface area (Å²) in [7, 11) is 0. The van der Waals surface area contributed by atoms with Gasteiger partial charge in [0.05, 0.1) is 21.7 Å². The van der Waals surface area contributed by atoms with Crippen molar-refractivity contribution in [1.82, 2.24) is 4.98 Å². The predicted octanol–water partition coefficient (Wildman–Crippen LogP) is 4.69. The van der Waals surface area contributed by atoms with Gasteiger partial charge in [0.1, 0.15) is 5.82 Å². The van der Waals surface area contributed by atoms with Crippen LogP contribution in [0.3, 0.4) is 0 Å². The molecule has 0 aliphatic carbocycles. The Morgan fingerprint density at radius 3 is 2.90 bits per heavy atom. The van der Waals surface area contributed by atoms with Gasteiger partial charge in [-0.2, -0.15) is 5.11 Å². The van der Waals surface area contributed by atoms with Crippen LogP contribution in [0.25, 0.3) is 10.2 Å². The molecule has 106 valence electrons. The van der Waals surface area contributed by atoms with E-state index in [1.807, 2.05) is 0 Å². The lowest BCUT2D eigenvalue weighted by atomic mass is 10.3. The van der Waals surface area contributed by atoms with Crippen LogP contribution >= 0.6 is 22.7 Å². The van der Waals surface area contributed by atoms with Gasteiger partial charge < -0.3 is 0 Å². The van der Waals surface area contributed by atoms with Crippen LogP contribution in [0.2, 0.25) is 0 Å². The van der Waals surface area contributed by atoms with E-state index in [2.05, 4.69) is 15.2 Å². The summed E-state index contributed by atoms with van der Waals surface area (Å²) in [5.41, 5.74) is 0.669. The normalized spacial score (nSPS) is 11.5. The van der Waals surface area contributed by atoms with Crippen molar-refractivity contribution < 1.29 is 9.31 Å². The molecule has 0 saturated heterocycles. The quantitative estimate of drug-likeness (QED) is 0.397. The van der Waals surface area contributed by atoms with Crippen molar-refractivity contribution in [2.24, 2.45) is 10.2 Å². The maximum absolute atomic E-state index is 13.1. The van der Waals surface area contributed by atoms with E-state index in [0.29, 0.717) is 15.3 Å². The van der Waals surface area contributed by atoms with Gasteiger partial charge in [0.2, 0.25) is 5.13 Å². The minimum Gasteiger partial charge on any atom is -0.258 e. The van der Waals surface area contributed by atoms with Gasteiger partial charge in [-0.3, -0.25) is 10.1 Å². The Morgan fingerprint density at radius 2 is 2.14 bits per heavy atom. The highest BCUT2D eigenvalue weighted by molar-refractivity contribution is 7.21. The minimum atomic E-state index is -0.437. The molecule has 0 saturated carbocycles. The Morgan fingerprint density at radius 1 is 1.29 bits per heavy atom. The van der Waals surface area contributed by atoms with Gasteiger partial charge in [-0.15, -0.1) is 5.11 Å². The van der Waals surface area contributed by atoms with E-state index in [0.717, 1.165) is 16.2 Å². The van der Waals surface area contributed by atoms with E-state index in [-0.39, 0.29) is 17.4 Å². The van der Waals surface area contributed by atoms with Crippen LogP contribution < -0.4 is 0 Å². The van der Waals surface area contributed by atoms with Gasteiger partial charge in [0, 0.05) is 10.9 Å². The van der Waals surface area contributed by atoms with E-state index >= 15 is 0 Å². The Kier molecular flexibility index (Phi) is 3.67. The maximum Gasteiger partial charge on any atom is 0.324 e. The first-order valence-corrected chi connectivity index (χ1v) is 7.42.